The lowest BCUT2D eigenvalue weighted by molar-refractivity contribution is 0.295. The largest absolute Gasteiger partial charge is 0.396 e. The highest BCUT2D eigenvalue weighted by molar-refractivity contribution is 5.31. The summed E-state index contributed by atoms with van der Waals surface area (Å²) in [5.41, 5.74) is 1.77. The minimum Gasteiger partial charge on any atom is -0.396 e. The quantitative estimate of drug-likeness (QED) is 0.857. The summed E-state index contributed by atoms with van der Waals surface area (Å²) in [5, 5.41) is 17.6. The van der Waals surface area contributed by atoms with Crippen LogP contribution in [0.15, 0.2) is 36.7 Å². The number of benzene rings is 1. The van der Waals surface area contributed by atoms with Crippen LogP contribution in [0.4, 0.5) is 0 Å². The molecule has 4 heteroatoms. The molecular weight excluding hydrogens is 214 g/mol. The van der Waals surface area contributed by atoms with Gasteiger partial charge in [0.2, 0.25) is 0 Å². The molecule has 0 saturated carbocycles. The second kappa shape index (κ2) is 5.28. The zero-order valence-electron chi connectivity index (χ0n) is 9.37. The van der Waals surface area contributed by atoms with Crippen molar-refractivity contribution in [2.75, 3.05) is 6.61 Å². The van der Waals surface area contributed by atoms with Crippen LogP contribution in [-0.2, 0) is 13.0 Å². The first-order chi connectivity index (χ1) is 8.33. The van der Waals surface area contributed by atoms with Crippen LogP contribution in [0.1, 0.15) is 17.0 Å². The summed E-state index contributed by atoms with van der Waals surface area (Å²) < 4.78 is 2.00. The van der Waals surface area contributed by atoms with Crippen molar-refractivity contribution in [3.8, 4) is 6.07 Å². The van der Waals surface area contributed by atoms with Gasteiger partial charge in [-0.1, -0.05) is 12.1 Å². The lowest BCUT2D eigenvalue weighted by Gasteiger charge is -2.07. The number of aliphatic hydroxyl groups is 1. The number of imidazole rings is 1. The Kier molecular flexibility index (Phi) is 3.53. The van der Waals surface area contributed by atoms with E-state index in [1.807, 2.05) is 22.9 Å². The van der Waals surface area contributed by atoms with Gasteiger partial charge in [-0.05, 0) is 17.7 Å². The Hall–Kier alpha value is -2.12. The SMILES string of the molecule is N#Cc1ccc(Cn2ccnc2CCO)cc1. The molecular formula is C13H13N3O. The van der Waals surface area contributed by atoms with Crippen molar-refractivity contribution in [3.63, 3.8) is 0 Å². The van der Waals surface area contributed by atoms with E-state index >= 15 is 0 Å². The molecule has 0 unspecified atom stereocenters. The van der Waals surface area contributed by atoms with Gasteiger partial charge in [-0.2, -0.15) is 5.26 Å². The summed E-state index contributed by atoms with van der Waals surface area (Å²) >= 11 is 0. The van der Waals surface area contributed by atoms with Gasteiger partial charge in [0.1, 0.15) is 5.82 Å². The van der Waals surface area contributed by atoms with Gasteiger partial charge in [-0.25, -0.2) is 4.98 Å². The summed E-state index contributed by atoms with van der Waals surface area (Å²) in [5.74, 6) is 0.872. The fourth-order valence-electron chi connectivity index (χ4n) is 1.69. The molecule has 0 aliphatic heterocycles. The fourth-order valence-corrected chi connectivity index (χ4v) is 1.69. The van der Waals surface area contributed by atoms with Crippen molar-refractivity contribution in [1.82, 2.24) is 9.55 Å². The van der Waals surface area contributed by atoms with Crippen LogP contribution in [-0.4, -0.2) is 21.3 Å². The molecule has 2 rings (SSSR count). The first-order valence-electron chi connectivity index (χ1n) is 5.43. The van der Waals surface area contributed by atoms with Crippen molar-refractivity contribution in [2.45, 2.75) is 13.0 Å². The third-order valence-corrected chi connectivity index (χ3v) is 2.57. The molecule has 0 bridgehead atoms. The lowest BCUT2D eigenvalue weighted by atomic mass is 10.1. The van der Waals surface area contributed by atoms with Gasteiger partial charge < -0.3 is 9.67 Å². The smallest absolute Gasteiger partial charge is 0.111 e. The summed E-state index contributed by atoms with van der Waals surface area (Å²) in [4.78, 5) is 4.19. The highest BCUT2D eigenvalue weighted by atomic mass is 16.3. The second-order valence-corrected chi connectivity index (χ2v) is 3.75. The molecule has 4 nitrogen and oxygen atoms in total. The summed E-state index contributed by atoms with van der Waals surface area (Å²) in [7, 11) is 0. The zero-order valence-corrected chi connectivity index (χ0v) is 9.37. The van der Waals surface area contributed by atoms with Gasteiger partial charge in [-0.15, -0.1) is 0 Å². The van der Waals surface area contributed by atoms with Crippen LogP contribution in [0.25, 0.3) is 0 Å². The highest BCUT2D eigenvalue weighted by Gasteiger charge is 2.02. The van der Waals surface area contributed by atoms with Crippen LogP contribution in [0.3, 0.4) is 0 Å². The number of nitriles is 1. The summed E-state index contributed by atoms with van der Waals surface area (Å²) in [6.45, 7) is 0.811. The van der Waals surface area contributed by atoms with E-state index in [4.69, 9.17) is 10.4 Å². The van der Waals surface area contributed by atoms with Gasteiger partial charge in [0.15, 0.2) is 0 Å². The van der Waals surface area contributed by atoms with Crippen molar-refractivity contribution >= 4 is 0 Å². The van der Waals surface area contributed by atoms with E-state index in [0.717, 1.165) is 11.4 Å². The maximum atomic E-state index is 8.91. The molecule has 2 aromatic rings. The molecule has 1 N–H and O–H groups in total. The van der Waals surface area contributed by atoms with Gasteiger partial charge in [-0.3, -0.25) is 0 Å². The number of hydrogen-bond acceptors (Lipinski definition) is 3. The third kappa shape index (κ3) is 2.71. The Morgan fingerprint density at radius 3 is 2.71 bits per heavy atom. The Balaban J connectivity index is 2.14. The van der Waals surface area contributed by atoms with Crippen molar-refractivity contribution in [1.29, 1.82) is 5.26 Å². The highest BCUT2D eigenvalue weighted by Crippen LogP contribution is 2.08. The molecule has 1 heterocycles. The normalized spacial score (nSPS) is 10.1. The first-order valence-corrected chi connectivity index (χ1v) is 5.43. The van der Waals surface area contributed by atoms with E-state index in [9.17, 15) is 0 Å². The Bertz CT molecular complexity index is 522. The summed E-state index contributed by atoms with van der Waals surface area (Å²) in [6.07, 6.45) is 4.18. The van der Waals surface area contributed by atoms with Crippen LogP contribution < -0.4 is 0 Å². The van der Waals surface area contributed by atoms with Gasteiger partial charge in [0.25, 0.3) is 0 Å². The molecule has 1 aromatic heterocycles. The Labute approximate surface area is 99.8 Å². The first kappa shape index (κ1) is 11.4. The Morgan fingerprint density at radius 1 is 1.29 bits per heavy atom. The fraction of sp³-hybridized carbons (Fsp3) is 0.231. The number of aromatic nitrogens is 2. The van der Waals surface area contributed by atoms with Crippen LogP contribution in [0.5, 0.6) is 0 Å². The van der Waals surface area contributed by atoms with Gasteiger partial charge in [0.05, 0.1) is 18.2 Å². The molecule has 86 valence electrons. The molecule has 0 aliphatic carbocycles. The second-order valence-electron chi connectivity index (χ2n) is 3.75. The van der Waals surface area contributed by atoms with Crippen LogP contribution in [0.2, 0.25) is 0 Å². The molecule has 1 aromatic carbocycles. The standard InChI is InChI=1S/C13H13N3O/c14-9-11-1-3-12(4-2-11)10-16-7-6-15-13(16)5-8-17/h1-4,6-7,17H,5,8,10H2. The maximum Gasteiger partial charge on any atom is 0.111 e. The minimum absolute atomic E-state index is 0.102. The average molecular weight is 227 g/mol. The monoisotopic (exact) mass is 227 g/mol. The predicted molar refractivity (Wildman–Crippen MR) is 63.3 cm³/mol. The molecule has 17 heavy (non-hydrogen) atoms. The molecule has 0 saturated heterocycles. The van der Waals surface area contributed by atoms with E-state index in [2.05, 4.69) is 11.1 Å². The molecule has 0 atom stereocenters. The molecule has 0 fully saturated rings. The molecule has 0 amide bonds. The zero-order chi connectivity index (χ0) is 12.1. The van der Waals surface area contributed by atoms with E-state index in [1.165, 1.54) is 0 Å². The van der Waals surface area contributed by atoms with Gasteiger partial charge >= 0.3 is 0 Å². The summed E-state index contributed by atoms with van der Waals surface area (Å²) in [6, 6.07) is 9.56. The van der Waals surface area contributed by atoms with Crippen molar-refractivity contribution in [2.24, 2.45) is 0 Å². The lowest BCUT2D eigenvalue weighted by Crippen LogP contribution is -2.06. The number of hydrogen-bond donors (Lipinski definition) is 1. The third-order valence-electron chi connectivity index (χ3n) is 2.57. The van der Waals surface area contributed by atoms with Crippen molar-refractivity contribution < 1.29 is 5.11 Å². The minimum atomic E-state index is 0.102. The predicted octanol–water partition coefficient (Wildman–Crippen LogP) is 1.34. The van der Waals surface area contributed by atoms with Crippen LogP contribution in [0, 0.1) is 11.3 Å². The van der Waals surface area contributed by atoms with E-state index < -0.39 is 0 Å². The van der Waals surface area contributed by atoms with Crippen LogP contribution >= 0.6 is 0 Å². The topological polar surface area (TPSA) is 61.8 Å². The van der Waals surface area contributed by atoms with E-state index in [-0.39, 0.29) is 6.61 Å². The number of aliphatic hydroxyl groups excluding tert-OH is 1. The number of rotatable bonds is 4. The molecule has 0 spiro atoms. The number of nitrogens with zero attached hydrogens (tertiary/aromatic N) is 3. The van der Waals surface area contributed by atoms with Crippen molar-refractivity contribution in [3.05, 3.63) is 53.6 Å². The maximum absolute atomic E-state index is 8.91. The Morgan fingerprint density at radius 2 is 2.06 bits per heavy atom. The van der Waals surface area contributed by atoms with E-state index in [1.54, 1.807) is 18.3 Å². The van der Waals surface area contributed by atoms with Gasteiger partial charge in [0, 0.05) is 25.4 Å². The molecule has 0 radical (unpaired) electrons. The average Bonchev–Trinajstić information content (AvgIpc) is 2.78. The molecule has 0 aliphatic rings. The van der Waals surface area contributed by atoms with E-state index in [0.29, 0.717) is 18.5 Å².